The number of hydrogen-bond donors (Lipinski definition) is 1. The van der Waals surface area contributed by atoms with E-state index in [0.29, 0.717) is 29.6 Å². The van der Waals surface area contributed by atoms with E-state index in [9.17, 15) is 9.59 Å². The number of hydrogen-bond acceptors (Lipinski definition) is 4. The molecule has 0 bridgehead atoms. The van der Waals surface area contributed by atoms with Crippen LogP contribution < -0.4 is 19.7 Å². The first-order valence-electron chi connectivity index (χ1n) is 9.66. The molecule has 0 radical (unpaired) electrons. The quantitative estimate of drug-likeness (QED) is 0.854. The van der Waals surface area contributed by atoms with Crippen molar-refractivity contribution in [2.24, 2.45) is 5.92 Å². The smallest absolute Gasteiger partial charge is 0.231 e. The fraction of sp³-hybridized carbons (Fsp3) is 0.364. The van der Waals surface area contributed by atoms with E-state index >= 15 is 0 Å². The molecule has 146 valence electrons. The number of fused-ring (bicyclic) bond motifs is 1. The van der Waals surface area contributed by atoms with Crippen LogP contribution in [0, 0.1) is 5.92 Å². The van der Waals surface area contributed by atoms with Gasteiger partial charge >= 0.3 is 0 Å². The second-order valence-electron chi connectivity index (χ2n) is 7.33. The van der Waals surface area contributed by atoms with Crippen molar-refractivity contribution < 1.29 is 19.1 Å². The van der Waals surface area contributed by atoms with Gasteiger partial charge in [-0.3, -0.25) is 9.59 Å². The molecule has 0 aromatic heterocycles. The molecule has 0 unspecified atom stereocenters. The van der Waals surface area contributed by atoms with E-state index in [2.05, 4.69) is 25.2 Å². The van der Waals surface area contributed by atoms with Gasteiger partial charge in [0.05, 0.1) is 5.92 Å². The summed E-state index contributed by atoms with van der Waals surface area (Å²) < 4.78 is 10.6. The van der Waals surface area contributed by atoms with E-state index in [1.165, 1.54) is 0 Å². The molecule has 1 saturated heterocycles. The number of anilines is 2. The summed E-state index contributed by atoms with van der Waals surface area (Å²) in [6.07, 6.45) is 1.21. The number of amides is 2. The Hall–Kier alpha value is -3.02. The summed E-state index contributed by atoms with van der Waals surface area (Å²) in [6, 6.07) is 13.3. The van der Waals surface area contributed by atoms with Gasteiger partial charge in [-0.25, -0.2) is 0 Å². The van der Waals surface area contributed by atoms with E-state index < -0.39 is 0 Å². The molecule has 0 saturated carbocycles. The van der Waals surface area contributed by atoms with Crippen LogP contribution in [0.25, 0.3) is 0 Å². The van der Waals surface area contributed by atoms with Crippen LogP contribution in [0.3, 0.4) is 0 Å². The van der Waals surface area contributed by atoms with E-state index in [4.69, 9.17) is 9.47 Å². The van der Waals surface area contributed by atoms with Crippen LogP contribution in [0.15, 0.2) is 42.5 Å². The first-order chi connectivity index (χ1) is 13.6. The Morgan fingerprint density at radius 1 is 1.21 bits per heavy atom. The molecule has 1 N–H and O–H groups in total. The third kappa shape index (κ3) is 3.42. The van der Waals surface area contributed by atoms with Crippen LogP contribution in [0.2, 0.25) is 0 Å². The van der Waals surface area contributed by atoms with Crippen LogP contribution in [-0.4, -0.2) is 25.2 Å². The summed E-state index contributed by atoms with van der Waals surface area (Å²) in [5.41, 5.74) is 2.70. The minimum atomic E-state index is -0.386. The van der Waals surface area contributed by atoms with Crippen molar-refractivity contribution in [3.63, 3.8) is 0 Å². The maximum absolute atomic E-state index is 12.8. The fourth-order valence-electron chi connectivity index (χ4n) is 3.70. The maximum Gasteiger partial charge on any atom is 0.231 e. The molecule has 2 amide bonds. The Morgan fingerprint density at radius 3 is 2.82 bits per heavy atom. The molecule has 2 aliphatic heterocycles. The number of nitrogens with one attached hydrogen (secondary N) is 1. The van der Waals surface area contributed by atoms with Crippen molar-refractivity contribution in [3.05, 3.63) is 48.0 Å². The van der Waals surface area contributed by atoms with E-state index in [-0.39, 0.29) is 30.9 Å². The van der Waals surface area contributed by atoms with Gasteiger partial charge in [0.1, 0.15) is 0 Å². The van der Waals surface area contributed by atoms with E-state index in [1.807, 2.05) is 18.2 Å². The lowest BCUT2D eigenvalue weighted by Gasteiger charge is -2.23. The molecule has 2 atom stereocenters. The molecular formula is C22H24N2O4. The normalized spacial score (nSPS) is 19.0. The number of carbonyl (C=O) groups excluding carboxylic acids is 2. The predicted octanol–water partition coefficient (Wildman–Crippen LogP) is 3.92. The number of ether oxygens (including phenoxy) is 2. The van der Waals surface area contributed by atoms with Gasteiger partial charge in [0.2, 0.25) is 18.6 Å². The van der Waals surface area contributed by atoms with Crippen LogP contribution in [0.1, 0.15) is 38.2 Å². The van der Waals surface area contributed by atoms with Gasteiger partial charge in [-0.15, -0.1) is 0 Å². The molecule has 28 heavy (non-hydrogen) atoms. The zero-order valence-electron chi connectivity index (χ0n) is 16.1. The van der Waals surface area contributed by atoms with Crippen molar-refractivity contribution in [3.8, 4) is 11.5 Å². The number of rotatable bonds is 5. The van der Waals surface area contributed by atoms with Crippen LogP contribution >= 0.6 is 0 Å². The molecule has 2 heterocycles. The summed E-state index contributed by atoms with van der Waals surface area (Å²) in [5, 5.41) is 2.90. The number of carbonyl (C=O) groups is 2. The van der Waals surface area contributed by atoms with Gasteiger partial charge in [-0.2, -0.15) is 0 Å². The number of benzene rings is 2. The van der Waals surface area contributed by atoms with Gasteiger partial charge in [-0.05, 0) is 36.1 Å². The van der Waals surface area contributed by atoms with Crippen molar-refractivity contribution in [1.29, 1.82) is 0 Å². The monoisotopic (exact) mass is 380 g/mol. The van der Waals surface area contributed by atoms with E-state index in [1.54, 1.807) is 23.1 Å². The molecule has 4 rings (SSSR count). The van der Waals surface area contributed by atoms with E-state index in [0.717, 1.165) is 17.7 Å². The Morgan fingerprint density at radius 2 is 2.00 bits per heavy atom. The number of para-hydroxylation sites is 1. The highest BCUT2D eigenvalue weighted by Gasteiger charge is 2.36. The van der Waals surface area contributed by atoms with Gasteiger partial charge < -0.3 is 19.7 Å². The predicted molar refractivity (Wildman–Crippen MR) is 107 cm³/mol. The van der Waals surface area contributed by atoms with Gasteiger partial charge in [0.25, 0.3) is 0 Å². The maximum atomic E-state index is 12.8. The molecule has 6 heteroatoms. The second-order valence-corrected chi connectivity index (χ2v) is 7.33. The molecule has 2 aromatic rings. The van der Waals surface area contributed by atoms with Crippen molar-refractivity contribution >= 4 is 23.2 Å². The molecule has 2 aliphatic rings. The molecule has 1 fully saturated rings. The Labute approximate surface area is 164 Å². The highest BCUT2D eigenvalue weighted by atomic mass is 16.7. The first-order valence-corrected chi connectivity index (χ1v) is 9.66. The molecule has 0 aliphatic carbocycles. The lowest BCUT2D eigenvalue weighted by molar-refractivity contribution is -0.122. The Bertz CT molecular complexity index is 911. The average molecular weight is 380 g/mol. The summed E-state index contributed by atoms with van der Waals surface area (Å²) in [4.78, 5) is 27.2. The number of nitrogens with zero attached hydrogens (tertiary/aromatic N) is 1. The van der Waals surface area contributed by atoms with Crippen LogP contribution in [-0.2, 0) is 9.59 Å². The Kier molecular flexibility index (Phi) is 4.94. The Balaban J connectivity index is 1.48. The molecule has 6 nitrogen and oxygen atoms in total. The van der Waals surface area contributed by atoms with Crippen LogP contribution in [0.4, 0.5) is 11.4 Å². The highest BCUT2D eigenvalue weighted by molar-refractivity contribution is 6.04. The molecular weight excluding hydrogens is 356 g/mol. The lowest BCUT2D eigenvalue weighted by atomic mass is 9.96. The fourth-order valence-corrected chi connectivity index (χ4v) is 3.70. The van der Waals surface area contributed by atoms with Crippen LogP contribution in [0.5, 0.6) is 11.5 Å². The second kappa shape index (κ2) is 7.54. The van der Waals surface area contributed by atoms with Crippen molar-refractivity contribution in [2.45, 2.75) is 32.6 Å². The van der Waals surface area contributed by atoms with Crippen molar-refractivity contribution in [2.75, 3.05) is 23.6 Å². The zero-order chi connectivity index (χ0) is 19.7. The summed E-state index contributed by atoms with van der Waals surface area (Å²) in [7, 11) is 0. The summed E-state index contributed by atoms with van der Waals surface area (Å²) >= 11 is 0. The van der Waals surface area contributed by atoms with Gasteiger partial charge in [0.15, 0.2) is 11.5 Å². The molecule has 2 aromatic carbocycles. The summed E-state index contributed by atoms with van der Waals surface area (Å²) in [6.45, 7) is 4.87. The minimum Gasteiger partial charge on any atom is -0.454 e. The lowest BCUT2D eigenvalue weighted by Crippen LogP contribution is -2.29. The third-order valence-corrected chi connectivity index (χ3v) is 5.51. The molecule has 0 spiro atoms. The minimum absolute atomic E-state index is 0.0124. The van der Waals surface area contributed by atoms with Crippen molar-refractivity contribution in [1.82, 2.24) is 0 Å². The van der Waals surface area contributed by atoms with Gasteiger partial charge in [0, 0.05) is 30.4 Å². The average Bonchev–Trinajstić information content (AvgIpc) is 3.33. The topological polar surface area (TPSA) is 67.9 Å². The standard InChI is InChI=1S/C22H24N2O4/c1-3-14(2)17-6-4-5-7-18(17)24-12-15(10-21(24)25)22(26)23-16-8-9-19-20(11-16)28-13-27-19/h4-9,11,14-15H,3,10,12-13H2,1-2H3,(H,23,26)/t14-,15-/m0/s1. The van der Waals surface area contributed by atoms with Gasteiger partial charge in [-0.1, -0.05) is 32.0 Å². The third-order valence-electron chi connectivity index (χ3n) is 5.51. The largest absolute Gasteiger partial charge is 0.454 e. The first kappa shape index (κ1) is 18.3. The SMILES string of the molecule is CC[C@H](C)c1ccccc1N1C[C@@H](C(=O)Nc2ccc3c(c2)OCO3)CC1=O. The highest BCUT2D eigenvalue weighted by Crippen LogP contribution is 2.36. The summed E-state index contributed by atoms with van der Waals surface area (Å²) in [5.74, 6) is 1.08. The zero-order valence-corrected chi connectivity index (χ0v) is 16.1.